The molecule has 0 saturated carbocycles. The summed E-state index contributed by atoms with van der Waals surface area (Å²) < 4.78 is 0. The first kappa shape index (κ1) is 12.8. The molecule has 0 saturated heterocycles. The molecular weight excluding hydrogens is 282 g/mol. The monoisotopic (exact) mass is 299 g/mol. The standard InChI is InChI=1S/C15H17N5S/c1-10-3-7-21-12(10)8-20-6-2-11-13(19-9-18-11)14(20)15-16-4-5-17-15/h3-5,7,9,14H,2,6,8H2,1H3,(H,16,17)(H,18,19)/t14-/m0/s1. The second-order valence-corrected chi connectivity index (χ2v) is 6.39. The average molecular weight is 299 g/mol. The number of rotatable bonds is 3. The molecule has 0 amide bonds. The van der Waals surface area contributed by atoms with E-state index >= 15 is 0 Å². The van der Waals surface area contributed by atoms with E-state index in [4.69, 9.17) is 0 Å². The Morgan fingerprint density at radius 2 is 2.33 bits per heavy atom. The number of H-pyrrole nitrogens is 2. The van der Waals surface area contributed by atoms with E-state index in [0.717, 1.165) is 31.0 Å². The predicted molar refractivity (Wildman–Crippen MR) is 82.2 cm³/mol. The Kier molecular flexibility index (Phi) is 3.12. The molecule has 4 heterocycles. The maximum absolute atomic E-state index is 4.54. The van der Waals surface area contributed by atoms with Gasteiger partial charge in [0.15, 0.2) is 0 Å². The molecular formula is C15H17N5S. The van der Waals surface area contributed by atoms with Gasteiger partial charge in [0.05, 0.1) is 12.0 Å². The van der Waals surface area contributed by atoms with Crippen LogP contribution in [0.2, 0.25) is 0 Å². The number of nitrogens with one attached hydrogen (secondary N) is 2. The van der Waals surface area contributed by atoms with Gasteiger partial charge >= 0.3 is 0 Å². The number of imidazole rings is 2. The highest BCUT2D eigenvalue weighted by Crippen LogP contribution is 2.33. The summed E-state index contributed by atoms with van der Waals surface area (Å²) in [6.07, 6.45) is 6.49. The third-order valence-electron chi connectivity index (χ3n) is 4.12. The fourth-order valence-corrected chi connectivity index (χ4v) is 3.91. The SMILES string of the molecule is Cc1ccsc1CN1CCc2[nH]cnc2[C@H]1c1ncc[nH]1. The molecule has 0 aromatic carbocycles. The van der Waals surface area contributed by atoms with Crippen LogP contribution in [0.3, 0.4) is 0 Å². The van der Waals surface area contributed by atoms with Crippen LogP contribution >= 0.6 is 11.3 Å². The smallest absolute Gasteiger partial charge is 0.129 e. The first-order valence-electron chi connectivity index (χ1n) is 7.11. The zero-order valence-electron chi connectivity index (χ0n) is 11.8. The number of fused-ring (bicyclic) bond motifs is 1. The quantitative estimate of drug-likeness (QED) is 0.781. The van der Waals surface area contributed by atoms with Crippen molar-refractivity contribution in [2.45, 2.75) is 25.9 Å². The number of hydrogen-bond acceptors (Lipinski definition) is 4. The molecule has 0 fully saturated rings. The summed E-state index contributed by atoms with van der Waals surface area (Å²) >= 11 is 1.83. The van der Waals surface area contributed by atoms with Crippen LogP contribution in [0, 0.1) is 6.92 Å². The highest BCUT2D eigenvalue weighted by Gasteiger charge is 2.32. The third kappa shape index (κ3) is 2.20. The van der Waals surface area contributed by atoms with Crippen molar-refractivity contribution >= 4 is 11.3 Å². The predicted octanol–water partition coefficient (Wildman–Crippen LogP) is 2.65. The van der Waals surface area contributed by atoms with Crippen LogP contribution in [-0.4, -0.2) is 31.4 Å². The minimum absolute atomic E-state index is 0.108. The molecule has 0 bridgehead atoms. The van der Waals surface area contributed by atoms with Crippen LogP contribution in [0.4, 0.5) is 0 Å². The highest BCUT2D eigenvalue weighted by atomic mass is 32.1. The largest absolute Gasteiger partial charge is 0.348 e. The van der Waals surface area contributed by atoms with Crippen molar-refractivity contribution in [3.63, 3.8) is 0 Å². The topological polar surface area (TPSA) is 60.6 Å². The van der Waals surface area contributed by atoms with E-state index in [1.54, 1.807) is 6.33 Å². The lowest BCUT2D eigenvalue weighted by atomic mass is 10.0. The molecule has 3 aromatic heterocycles. The number of hydrogen-bond donors (Lipinski definition) is 2. The molecule has 0 radical (unpaired) electrons. The molecule has 1 aliphatic heterocycles. The van der Waals surface area contributed by atoms with Crippen molar-refractivity contribution in [3.8, 4) is 0 Å². The molecule has 6 heteroatoms. The van der Waals surface area contributed by atoms with Gasteiger partial charge in [-0.15, -0.1) is 11.3 Å². The summed E-state index contributed by atoms with van der Waals surface area (Å²) in [6, 6.07) is 2.29. The molecule has 0 spiro atoms. The van der Waals surface area contributed by atoms with E-state index in [9.17, 15) is 0 Å². The molecule has 108 valence electrons. The second-order valence-electron chi connectivity index (χ2n) is 5.39. The Morgan fingerprint density at radius 3 is 3.10 bits per heavy atom. The van der Waals surface area contributed by atoms with Crippen molar-refractivity contribution < 1.29 is 0 Å². The first-order chi connectivity index (χ1) is 10.3. The number of aromatic nitrogens is 4. The van der Waals surface area contributed by atoms with Crippen LogP contribution in [0.25, 0.3) is 0 Å². The molecule has 2 N–H and O–H groups in total. The van der Waals surface area contributed by atoms with Gasteiger partial charge in [0.1, 0.15) is 11.9 Å². The number of thiophene rings is 1. The first-order valence-corrected chi connectivity index (χ1v) is 7.99. The zero-order valence-corrected chi connectivity index (χ0v) is 12.7. The number of aryl methyl sites for hydroxylation is 1. The Labute approximate surface area is 127 Å². The maximum Gasteiger partial charge on any atom is 0.129 e. The van der Waals surface area contributed by atoms with E-state index in [1.807, 2.05) is 23.7 Å². The minimum atomic E-state index is 0.108. The summed E-state index contributed by atoms with van der Waals surface area (Å²) in [4.78, 5) is 19.4. The Bertz CT molecular complexity index is 727. The lowest BCUT2D eigenvalue weighted by Crippen LogP contribution is -2.36. The summed E-state index contributed by atoms with van der Waals surface area (Å²) in [7, 11) is 0. The lowest BCUT2D eigenvalue weighted by Gasteiger charge is -2.33. The van der Waals surface area contributed by atoms with Crippen molar-refractivity contribution in [1.29, 1.82) is 0 Å². The molecule has 4 rings (SSSR count). The van der Waals surface area contributed by atoms with Gasteiger partial charge in [0, 0.05) is 42.5 Å². The van der Waals surface area contributed by atoms with Gasteiger partial charge in [-0.3, -0.25) is 4.90 Å². The Morgan fingerprint density at radius 1 is 1.38 bits per heavy atom. The third-order valence-corrected chi connectivity index (χ3v) is 5.13. The second kappa shape index (κ2) is 5.13. The molecule has 5 nitrogen and oxygen atoms in total. The van der Waals surface area contributed by atoms with E-state index in [-0.39, 0.29) is 6.04 Å². The number of aromatic amines is 2. The van der Waals surface area contributed by atoms with Gasteiger partial charge in [0.2, 0.25) is 0 Å². The number of nitrogens with zero attached hydrogens (tertiary/aromatic N) is 3. The summed E-state index contributed by atoms with van der Waals surface area (Å²) in [5.41, 5.74) is 3.70. The lowest BCUT2D eigenvalue weighted by molar-refractivity contribution is 0.195. The molecule has 0 aliphatic carbocycles. The van der Waals surface area contributed by atoms with E-state index < -0.39 is 0 Å². The fourth-order valence-electron chi connectivity index (χ4n) is 2.98. The van der Waals surface area contributed by atoms with Crippen molar-refractivity contribution in [1.82, 2.24) is 24.8 Å². The van der Waals surface area contributed by atoms with Gasteiger partial charge in [-0.05, 0) is 23.9 Å². The van der Waals surface area contributed by atoms with E-state index in [0.29, 0.717) is 0 Å². The molecule has 21 heavy (non-hydrogen) atoms. The minimum Gasteiger partial charge on any atom is -0.348 e. The van der Waals surface area contributed by atoms with Crippen LogP contribution in [0.15, 0.2) is 30.2 Å². The zero-order chi connectivity index (χ0) is 14.2. The Hall–Kier alpha value is -1.92. The van der Waals surface area contributed by atoms with Crippen LogP contribution in [0.1, 0.15) is 33.7 Å². The summed E-state index contributed by atoms with van der Waals surface area (Å²) in [5, 5.41) is 2.16. The molecule has 1 atom stereocenters. The molecule has 3 aromatic rings. The normalized spacial score (nSPS) is 18.8. The van der Waals surface area contributed by atoms with E-state index in [2.05, 4.69) is 43.2 Å². The summed E-state index contributed by atoms with van der Waals surface area (Å²) in [5.74, 6) is 0.970. The molecule has 0 unspecified atom stereocenters. The van der Waals surface area contributed by atoms with Crippen molar-refractivity contribution in [2.24, 2.45) is 0 Å². The van der Waals surface area contributed by atoms with Crippen LogP contribution < -0.4 is 0 Å². The van der Waals surface area contributed by atoms with Gasteiger partial charge in [-0.25, -0.2) is 9.97 Å². The van der Waals surface area contributed by atoms with Gasteiger partial charge in [0.25, 0.3) is 0 Å². The van der Waals surface area contributed by atoms with Gasteiger partial charge < -0.3 is 9.97 Å². The molecule has 1 aliphatic rings. The average Bonchev–Trinajstić information content (AvgIpc) is 3.21. The van der Waals surface area contributed by atoms with Crippen LogP contribution in [0.5, 0.6) is 0 Å². The Balaban J connectivity index is 1.71. The fraction of sp³-hybridized carbons (Fsp3) is 0.333. The highest BCUT2D eigenvalue weighted by molar-refractivity contribution is 7.10. The van der Waals surface area contributed by atoms with Crippen molar-refractivity contribution in [3.05, 3.63) is 57.8 Å². The van der Waals surface area contributed by atoms with Crippen molar-refractivity contribution in [2.75, 3.05) is 6.54 Å². The van der Waals surface area contributed by atoms with Gasteiger partial charge in [-0.1, -0.05) is 0 Å². The maximum atomic E-state index is 4.54. The van der Waals surface area contributed by atoms with E-state index in [1.165, 1.54) is 16.1 Å². The summed E-state index contributed by atoms with van der Waals surface area (Å²) in [6.45, 7) is 4.14. The van der Waals surface area contributed by atoms with Crippen LogP contribution in [-0.2, 0) is 13.0 Å². The van der Waals surface area contributed by atoms with Gasteiger partial charge in [-0.2, -0.15) is 0 Å².